The van der Waals surface area contributed by atoms with Crippen LogP contribution < -0.4 is 10.6 Å². The Kier molecular flexibility index (Phi) is 6.31. The van der Waals surface area contributed by atoms with Gasteiger partial charge in [0, 0.05) is 25.0 Å². The number of hydrogen-bond donors (Lipinski definition) is 2. The monoisotopic (exact) mass is 268 g/mol. The maximum Gasteiger partial charge on any atom is 0.222 e. The quantitative estimate of drug-likeness (QED) is 0.753. The first-order valence-electron chi connectivity index (χ1n) is 7.83. The van der Waals surface area contributed by atoms with Gasteiger partial charge in [0.05, 0.1) is 0 Å². The van der Waals surface area contributed by atoms with E-state index in [9.17, 15) is 4.79 Å². The predicted octanol–water partition coefficient (Wildman–Crippen LogP) is 2.95. The lowest BCUT2D eigenvalue weighted by atomic mass is 9.69. The molecule has 0 saturated heterocycles. The van der Waals surface area contributed by atoms with Crippen molar-refractivity contribution in [2.24, 2.45) is 17.3 Å². The van der Waals surface area contributed by atoms with Crippen LogP contribution in [0.2, 0.25) is 0 Å². The minimum Gasteiger partial charge on any atom is -0.355 e. The van der Waals surface area contributed by atoms with E-state index in [4.69, 9.17) is 0 Å². The fourth-order valence-electron chi connectivity index (χ4n) is 3.06. The first-order chi connectivity index (χ1) is 8.82. The van der Waals surface area contributed by atoms with Crippen molar-refractivity contribution in [3.8, 4) is 0 Å². The molecule has 3 heteroatoms. The van der Waals surface area contributed by atoms with Crippen LogP contribution in [0.15, 0.2) is 0 Å². The highest BCUT2D eigenvalue weighted by molar-refractivity contribution is 5.77. The Labute approximate surface area is 118 Å². The van der Waals surface area contributed by atoms with Gasteiger partial charge in [-0.25, -0.2) is 0 Å². The lowest BCUT2D eigenvalue weighted by Crippen LogP contribution is -2.46. The van der Waals surface area contributed by atoms with Gasteiger partial charge in [0.1, 0.15) is 0 Å². The largest absolute Gasteiger partial charge is 0.355 e. The number of rotatable bonds is 5. The summed E-state index contributed by atoms with van der Waals surface area (Å²) >= 11 is 0. The summed E-state index contributed by atoms with van der Waals surface area (Å²) in [4.78, 5) is 11.5. The Morgan fingerprint density at radius 3 is 2.37 bits per heavy atom. The van der Waals surface area contributed by atoms with Gasteiger partial charge < -0.3 is 10.6 Å². The Hall–Kier alpha value is -0.570. The summed E-state index contributed by atoms with van der Waals surface area (Å²) in [6, 6.07) is 0.615. The van der Waals surface area contributed by atoms with Crippen LogP contribution in [0.5, 0.6) is 0 Å². The molecule has 0 aliphatic heterocycles. The van der Waals surface area contributed by atoms with Crippen molar-refractivity contribution in [3.05, 3.63) is 0 Å². The molecule has 112 valence electrons. The van der Waals surface area contributed by atoms with Gasteiger partial charge in [0.15, 0.2) is 0 Å². The molecule has 1 amide bonds. The number of hydrogen-bond acceptors (Lipinski definition) is 2. The van der Waals surface area contributed by atoms with E-state index in [0.717, 1.165) is 19.0 Å². The zero-order valence-corrected chi connectivity index (χ0v) is 13.4. The van der Waals surface area contributed by atoms with E-state index in [1.165, 1.54) is 25.7 Å². The Balaban J connectivity index is 2.32. The Bertz CT molecular complexity index is 281. The fourth-order valence-corrected chi connectivity index (χ4v) is 3.06. The van der Waals surface area contributed by atoms with Crippen LogP contribution in [0.25, 0.3) is 0 Å². The van der Waals surface area contributed by atoms with E-state index in [-0.39, 0.29) is 11.8 Å². The molecule has 0 aromatic heterocycles. The molecule has 1 fully saturated rings. The van der Waals surface area contributed by atoms with E-state index in [0.29, 0.717) is 11.5 Å². The molecule has 0 spiro atoms. The Morgan fingerprint density at radius 1 is 1.16 bits per heavy atom. The van der Waals surface area contributed by atoms with Crippen molar-refractivity contribution in [1.29, 1.82) is 0 Å². The van der Waals surface area contributed by atoms with Crippen LogP contribution in [-0.4, -0.2) is 25.0 Å². The SMILES string of the molecule is CC(C)C(=O)NCCNC1CCCCC1C(C)(C)C. The fraction of sp³-hybridized carbons (Fsp3) is 0.938. The first-order valence-corrected chi connectivity index (χ1v) is 7.83. The smallest absolute Gasteiger partial charge is 0.222 e. The summed E-state index contributed by atoms with van der Waals surface area (Å²) in [5.41, 5.74) is 0.374. The topological polar surface area (TPSA) is 41.1 Å². The van der Waals surface area contributed by atoms with Gasteiger partial charge in [-0.2, -0.15) is 0 Å². The van der Waals surface area contributed by atoms with Gasteiger partial charge in [-0.3, -0.25) is 4.79 Å². The molecular formula is C16H32N2O. The average molecular weight is 268 g/mol. The van der Waals surface area contributed by atoms with Gasteiger partial charge >= 0.3 is 0 Å². The molecule has 1 rings (SSSR count). The highest BCUT2D eigenvalue weighted by atomic mass is 16.1. The molecule has 1 aliphatic rings. The normalized spacial score (nSPS) is 24.5. The zero-order valence-electron chi connectivity index (χ0n) is 13.4. The lowest BCUT2D eigenvalue weighted by molar-refractivity contribution is -0.123. The van der Waals surface area contributed by atoms with Crippen molar-refractivity contribution in [1.82, 2.24) is 10.6 Å². The predicted molar refractivity (Wildman–Crippen MR) is 81.1 cm³/mol. The van der Waals surface area contributed by atoms with Gasteiger partial charge in [-0.15, -0.1) is 0 Å². The second-order valence-corrected chi connectivity index (χ2v) is 7.26. The molecule has 2 N–H and O–H groups in total. The molecular weight excluding hydrogens is 236 g/mol. The number of amides is 1. The molecule has 0 heterocycles. The van der Waals surface area contributed by atoms with Gasteiger partial charge in [0.25, 0.3) is 0 Å². The van der Waals surface area contributed by atoms with Crippen LogP contribution >= 0.6 is 0 Å². The molecule has 2 unspecified atom stereocenters. The molecule has 1 saturated carbocycles. The molecule has 0 radical (unpaired) electrons. The molecule has 1 aliphatic carbocycles. The molecule has 19 heavy (non-hydrogen) atoms. The molecule has 3 nitrogen and oxygen atoms in total. The first kappa shape index (κ1) is 16.5. The van der Waals surface area contributed by atoms with Crippen molar-refractivity contribution in [2.75, 3.05) is 13.1 Å². The lowest BCUT2D eigenvalue weighted by Gasteiger charge is -2.41. The second kappa shape index (κ2) is 7.28. The van der Waals surface area contributed by atoms with Crippen molar-refractivity contribution in [3.63, 3.8) is 0 Å². The second-order valence-electron chi connectivity index (χ2n) is 7.26. The van der Waals surface area contributed by atoms with E-state index in [2.05, 4.69) is 31.4 Å². The van der Waals surface area contributed by atoms with Crippen molar-refractivity contribution >= 4 is 5.91 Å². The molecule has 0 bridgehead atoms. The standard InChI is InChI=1S/C16H32N2O/c1-12(2)15(19)18-11-10-17-14-9-7-6-8-13(14)16(3,4)5/h12-14,17H,6-11H2,1-5H3,(H,18,19). The van der Waals surface area contributed by atoms with E-state index in [1.807, 2.05) is 13.8 Å². The van der Waals surface area contributed by atoms with Crippen LogP contribution in [0, 0.1) is 17.3 Å². The van der Waals surface area contributed by atoms with E-state index < -0.39 is 0 Å². The number of nitrogens with one attached hydrogen (secondary N) is 2. The average Bonchev–Trinajstić information content (AvgIpc) is 2.33. The highest BCUT2D eigenvalue weighted by Gasteiger charge is 2.33. The number of carbonyl (C=O) groups is 1. The summed E-state index contributed by atoms with van der Waals surface area (Å²) in [6.07, 6.45) is 5.31. The summed E-state index contributed by atoms with van der Waals surface area (Å²) in [5, 5.41) is 6.63. The van der Waals surface area contributed by atoms with Gasteiger partial charge in [0.2, 0.25) is 5.91 Å². The Morgan fingerprint density at radius 2 is 1.79 bits per heavy atom. The van der Waals surface area contributed by atoms with Gasteiger partial charge in [-0.1, -0.05) is 47.5 Å². The zero-order chi connectivity index (χ0) is 14.5. The maximum atomic E-state index is 11.5. The van der Waals surface area contributed by atoms with Crippen LogP contribution in [-0.2, 0) is 4.79 Å². The maximum absolute atomic E-state index is 11.5. The molecule has 0 aromatic carbocycles. The van der Waals surface area contributed by atoms with Crippen LogP contribution in [0.4, 0.5) is 0 Å². The molecule has 2 atom stereocenters. The van der Waals surface area contributed by atoms with Crippen molar-refractivity contribution in [2.45, 2.75) is 66.3 Å². The highest BCUT2D eigenvalue weighted by Crippen LogP contribution is 2.37. The third-order valence-corrected chi connectivity index (χ3v) is 4.23. The van der Waals surface area contributed by atoms with Crippen LogP contribution in [0.1, 0.15) is 60.3 Å². The van der Waals surface area contributed by atoms with Crippen LogP contribution in [0.3, 0.4) is 0 Å². The minimum atomic E-state index is 0.0806. The molecule has 0 aromatic rings. The van der Waals surface area contributed by atoms with Gasteiger partial charge in [-0.05, 0) is 24.2 Å². The van der Waals surface area contributed by atoms with E-state index >= 15 is 0 Å². The third kappa shape index (κ3) is 5.52. The summed E-state index contributed by atoms with van der Waals surface area (Å²) in [5.74, 6) is 0.983. The minimum absolute atomic E-state index is 0.0806. The number of carbonyl (C=O) groups excluding carboxylic acids is 1. The summed E-state index contributed by atoms with van der Waals surface area (Å²) in [7, 11) is 0. The van der Waals surface area contributed by atoms with Crippen molar-refractivity contribution < 1.29 is 4.79 Å². The summed E-state index contributed by atoms with van der Waals surface area (Å²) in [6.45, 7) is 12.5. The summed E-state index contributed by atoms with van der Waals surface area (Å²) < 4.78 is 0. The third-order valence-electron chi connectivity index (χ3n) is 4.23. The van der Waals surface area contributed by atoms with E-state index in [1.54, 1.807) is 0 Å².